The average molecular weight is 332 g/mol. The Morgan fingerprint density at radius 2 is 1.83 bits per heavy atom. The quantitative estimate of drug-likeness (QED) is 0.857. The second-order valence-corrected chi connectivity index (χ2v) is 7.04. The lowest BCUT2D eigenvalue weighted by Crippen LogP contribution is -2.62. The average Bonchev–Trinajstić information content (AvgIpc) is 3.05. The number of rotatable bonds is 4. The Bertz CT molecular complexity index is 617. The first kappa shape index (κ1) is 15.1. The highest BCUT2D eigenvalue weighted by atomic mass is 32.1. The lowest BCUT2D eigenvalue weighted by Gasteiger charge is -2.48. The van der Waals surface area contributed by atoms with Crippen molar-refractivity contribution in [2.24, 2.45) is 0 Å². The lowest BCUT2D eigenvalue weighted by atomic mass is 10.1. The molecule has 23 heavy (non-hydrogen) atoms. The van der Waals surface area contributed by atoms with Crippen molar-refractivity contribution >= 4 is 17.2 Å². The molecule has 0 N–H and O–H groups in total. The largest absolute Gasteiger partial charge is 0.369 e. The van der Waals surface area contributed by atoms with Gasteiger partial charge in [-0.2, -0.15) is 0 Å². The van der Waals surface area contributed by atoms with Crippen molar-refractivity contribution in [2.75, 3.05) is 44.2 Å². The first-order valence-corrected chi connectivity index (χ1v) is 8.97. The summed E-state index contributed by atoms with van der Waals surface area (Å²) in [6.45, 7) is 7.58. The topological polar surface area (TPSA) is 22.6 Å². The maximum atomic E-state index is 13.0. The summed E-state index contributed by atoms with van der Waals surface area (Å²) in [4.78, 5) is 7.44. The zero-order valence-corrected chi connectivity index (χ0v) is 13.9. The Hall–Kier alpha value is -1.50. The highest BCUT2D eigenvalue weighted by molar-refractivity contribution is 7.03. The number of hydrogen-bond donors (Lipinski definition) is 0. The van der Waals surface area contributed by atoms with Gasteiger partial charge in [0.05, 0.1) is 0 Å². The van der Waals surface area contributed by atoms with Crippen LogP contribution in [0.25, 0.3) is 0 Å². The summed E-state index contributed by atoms with van der Waals surface area (Å²) in [6.07, 6.45) is 1.97. The standard InChI is InChI=1S/C17H21FN4S/c18-15-1-3-16(4-2-15)21-5-7-22(8-6-21)17-11-20(12-17)10-14-9-19-23-13-14/h1-4,9,13,17H,5-8,10-12H2. The van der Waals surface area contributed by atoms with Crippen molar-refractivity contribution in [3.05, 3.63) is 47.2 Å². The van der Waals surface area contributed by atoms with E-state index in [4.69, 9.17) is 0 Å². The molecule has 0 unspecified atom stereocenters. The number of hydrogen-bond acceptors (Lipinski definition) is 5. The van der Waals surface area contributed by atoms with Gasteiger partial charge in [-0.15, -0.1) is 0 Å². The molecule has 2 aliphatic rings. The first-order valence-electron chi connectivity index (χ1n) is 8.13. The fourth-order valence-corrected chi connectivity index (χ4v) is 3.99. The van der Waals surface area contributed by atoms with Crippen LogP contribution in [0, 0.1) is 5.82 Å². The molecule has 0 radical (unpaired) electrons. The van der Waals surface area contributed by atoms with Crippen LogP contribution in [0.4, 0.5) is 10.1 Å². The molecule has 6 heteroatoms. The summed E-state index contributed by atoms with van der Waals surface area (Å²) in [5, 5.41) is 2.13. The SMILES string of the molecule is Fc1ccc(N2CCN(C3CN(Cc4cnsc4)C3)CC2)cc1. The molecule has 0 amide bonds. The fraction of sp³-hybridized carbons (Fsp3) is 0.471. The van der Waals surface area contributed by atoms with Crippen molar-refractivity contribution in [3.63, 3.8) is 0 Å². The Labute approximate surface area is 140 Å². The molecule has 0 saturated carbocycles. The van der Waals surface area contributed by atoms with E-state index in [0.29, 0.717) is 6.04 Å². The zero-order chi connectivity index (χ0) is 15.6. The van der Waals surface area contributed by atoms with Gasteiger partial charge < -0.3 is 4.90 Å². The van der Waals surface area contributed by atoms with E-state index in [0.717, 1.165) is 51.5 Å². The monoisotopic (exact) mass is 332 g/mol. The van der Waals surface area contributed by atoms with Crippen molar-refractivity contribution in [2.45, 2.75) is 12.6 Å². The molecule has 4 rings (SSSR count). The molecular formula is C17H21FN4S. The van der Waals surface area contributed by atoms with Gasteiger partial charge in [0.25, 0.3) is 0 Å². The van der Waals surface area contributed by atoms with Gasteiger partial charge in [-0.25, -0.2) is 8.76 Å². The van der Waals surface area contributed by atoms with Crippen molar-refractivity contribution in [3.8, 4) is 0 Å². The van der Waals surface area contributed by atoms with E-state index >= 15 is 0 Å². The summed E-state index contributed by atoms with van der Waals surface area (Å²) in [5.41, 5.74) is 2.46. The Kier molecular flexibility index (Phi) is 4.29. The van der Waals surface area contributed by atoms with E-state index < -0.39 is 0 Å². The third-order valence-corrected chi connectivity index (χ3v) is 5.49. The summed E-state index contributed by atoms with van der Waals surface area (Å²) < 4.78 is 17.2. The second kappa shape index (κ2) is 6.55. The molecule has 0 spiro atoms. The number of nitrogens with zero attached hydrogens (tertiary/aromatic N) is 4. The predicted molar refractivity (Wildman–Crippen MR) is 91.4 cm³/mol. The van der Waals surface area contributed by atoms with Crippen LogP contribution in [0.3, 0.4) is 0 Å². The normalized spacial score (nSPS) is 20.7. The molecular weight excluding hydrogens is 311 g/mol. The number of benzene rings is 1. The molecule has 2 aromatic rings. The Morgan fingerprint density at radius 1 is 1.09 bits per heavy atom. The molecule has 1 aromatic heterocycles. The number of piperazine rings is 1. The first-order chi connectivity index (χ1) is 11.3. The van der Waals surface area contributed by atoms with Gasteiger partial charge >= 0.3 is 0 Å². The molecule has 0 aliphatic carbocycles. The predicted octanol–water partition coefficient (Wildman–Crippen LogP) is 2.29. The van der Waals surface area contributed by atoms with Crippen LogP contribution < -0.4 is 4.90 Å². The van der Waals surface area contributed by atoms with Gasteiger partial charge in [0.1, 0.15) is 5.82 Å². The molecule has 1 aromatic carbocycles. The van der Waals surface area contributed by atoms with Gasteiger partial charge in [-0.3, -0.25) is 9.80 Å². The summed E-state index contributed by atoms with van der Waals surface area (Å²) in [7, 11) is 0. The van der Waals surface area contributed by atoms with Crippen LogP contribution in [-0.4, -0.2) is 59.5 Å². The maximum Gasteiger partial charge on any atom is 0.123 e. The summed E-state index contributed by atoms with van der Waals surface area (Å²) in [6, 6.07) is 7.54. The second-order valence-electron chi connectivity index (χ2n) is 6.38. The van der Waals surface area contributed by atoms with Crippen LogP contribution in [0.5, 0.6) is 0 Å². The maximum absolute atomic E-state index is 13.0. The van der Waals surface area contributed by atoms with Crippen molar-refractivity contribution in [1.29, 1.82) is 0 Å². The van der Waals surface area contributed by atoms with Crippen LogP contribution in [0.2, 0.25) is 0 Å². The molecule has 2 aliphatic heterocycles. The van der Waals surface area contributed by atoms with E-state index in [1.807, 2.05) is 18.3 Å². The van der Waals surface area contributed by atoms with Gasteiger partial charge in [-0.05, 0) is 41.4 Å². The molecule has 2 saturated heterocycles. The van der Waals surface area contributed by atoms with Crippen LogP contribution in [0.15, 0.2) is 35.8 Å². The van der Waals surface area contributed by atoms with Crippen LogP contribution in [-0.2, 0) is 6.54 Å². The number of anilines is 1. The van der Waals surface area contributed by atoms with Gasteiger partial charge in [0, 0.05) is 69.1 Å². The molecule has 0 atom stereocenters. The Balaban J connectivity index is 1.24. The molecule has 3 heterocycles. The molecule has 2 fully saturated rings. The minimum Gasteiger partial charge on any atom is -0.369 e. The van der Waals surface area contributed by atoms with E-state index in [1.165, 1.54) is 17.1 Å². The Morgan fingerprint density at radius 3 is 2.48 bits per heavy atom. The third kappa shape index (κ3) is 3.39. The van der Waals surface area contributed by atoms with E-state index in [2.05, 4.69) is 24.5 Å². The smallest absolute Gasteiger partial charge is 0.123 e. The minimum absolute atomic E-state index is 0.164. The lowest BCUT2D eigenvalue weighted by molar-refractivity contribution is 0.0257. The van der Waals surface area contributed by atoms with E-state index in [9.17, 15) is 4.39 Å². The fourth-order valence-electron chi connectivity index (χ4n) is 3.46. The van der Waals surface area contributed by atoms with Gasteiger partial charge in [0.2, 0.25) is 0 Å². The minimum atomic E-state index is -0.164. The van der Waals surface area contributed by atoms with Crippen LogP contribution in [0.1, 0.15) is 5.56 Å². The highest BCUT2D eigenvalue weighted by Crippen LogP contribution is 2.22. The van der Waals surface area contributed by atoms with Gasteiger partial charge in [0.15, 0.2) is 0 Å². The third-order valence-electron chi connectivity index (χ3n) is 4.85. The number of halogens is 1. The summed E-state index contributed by atoms with van der Waals surface area (Å²) in [5.74, 6) is -0.164. The molecule has 122 valence electrons. The zero-order valence-electron chi connectivity index (χ0n) is 13.1. The van der Waals surface area contributed by atoms with Crippen LogP contribution >= 0.6 is 11.5 Å². The van der Waals surface area contributed by atoms with E-state index in [1.54, 1.807) is 12.1 Å². The van der Waals surface area contributed by atoms with Crippen molar-refractivity contribution < 1.29 is 4.39 Å². The molecule has 4 nitrogen and oxygen atoms in total. The summed E-state index contributed by atoms with van der Waals surface area (Å²) >= 11 is 1.53. The van der Waals surface area contributed by atoms with Gasteiger partial charge in [-0.1, -0.05) is 0 Å². The van der Waals surface area contributed by atoms with Crippen molar-refractivity contribution in [1.82, 2.24) is 14.2 Å². The van der Waals surface area contributed by atoms with E-state index in [-0.39, 0.29) is 5.82 Å². The number of likely N-dealkylation sites (tertiary alicyclic amines) is 1. The number of aromatic nitrogens is 1. The highest BCUT2D eigenvalue weighted by Gasteiger charge is 2.33. The molecule has 0 bridgehead atoms.